The van der Waals surface area contributed by atoms with E-state index in [0.717, 1.165) is 16.7 Å². The second-order valence-corrected chi connectivity index (χ2v) is 7.32. The molecule has 5 nitrogen and oxygen atoms in total. The summed E-state index contributed by atoms with van der Waals surface area (Å²) in [5.41, 5.74) is 3.03. The highest BCUT2D eigenvalue weighted by molar-refractivity contribution is 5.87. The van der Waals surface area contributed by atoms with Crippen molar-refractivity contribution in [2.75, 3.05) is 6.61 Å². The minimum Gasteiger partial charge on any atom is -0.483 e. The zero-order valence-corrected chi connectivity index (χ0v) is 15.6. The molecule has 0 aliphatic heterocycles. The molecule has 1 amide bonds. The van der Waals surface area contributed by atoms with E-state index >= 15 is 0 Å². The van der Waals surface area contributed by atoms with Gasteiger partial charge in [0.1, 0.15) is 5.75 Å². The Bertz CT molecular complexity index is 806. The largest absolute Gasteiger partial charge is 0.483 e. The summed E-state index contributed by atoms with van der Waals surface area (Å²) in [6.07, 6.45) is 0. The Kier molecular flexibility index (Phi) is 6.03. The first-order valence-electron chi connectivity index (χ1n) is 8.49. The SMILES string of the molecule is Cc1ccc(OCC(=O)NCc2cccc(C(=O)O)c2)c(C(C)(C)C)c1. The summed E-state index contributed by atoms with van der Waals surface area (Å²) in [4.78, 5) is 23.1. The van der Waals surface area contributed by atoms with E-state index < -0.39 is 5.97 Å². The number of carbonyl (C=O) groups is 2. The van der Waals surface area contributed by atoms with Gasteiger partial charge in [0, 0.05) is 6.54 Å². The molecule has 5 heteroatoms. The van der Waals surface area contributed by atoms with Crippen LogP contribution in [0.4, 0.5) is 0 Å². The Hall–Kier alpha value is -2.82. The number of nitrogens with one attached hydrogen (secondary N) is 1. The lowest BCUT2D eigenvalue weighted by Gasteiger charge is -2.23. The molecular weight excluding hydrogens is 330 g/mol. The van der Waals surface area contributed by atoms with Crippen molar-refractivity contribution in [3.8, 4) is 5.75 Å². The second-order valence-electron chi connectivity index (χ2n) is 7.32. The van der Waals surface area contributed by atoms with Crippen molar-refractivity contribution in [1.29, 1.82) is 0 Å². The van der Waals surface area contributed by atoms with Crippen LogP contribution in [0.25, 0.3) is 0 Å². The first kappa shape index (κ1) is 19.5. The Morgan fingerprint density at radius 2 is 1.85 bits per heavy atom. The average molecular weight is 355 g/mol. The third-order valence-corrected chi connectivity index (χ3v) is 3.97. The molecular formula is C21H25NO4. The maximum atomic E-state index is 12.1. The van der Waals surface area contributed by atoms with Crippen molar-refractivity contribution in [3.63, 3.8) is 0 Å². The number of aryl methyl sites for hydroxylation is 1. The molecule has 0 atom stereocenters. The van der Waals surface area contributed by atoms with Crippen LogP contribution in [-0.2, 0) is 16.8 Å². The van der Waals surface area contributed by atoms with Crippen LogP contribution in [0.2, 0.25) is 0 Å². The topological polar surface area (TPSA) is 75.6 Å². The summed E-state index contributed by atoms with van der Waals surface area (Å²) in [5.74, 6) is -0.548. The van der Waals surface area contributed by atoms with Crippen LogP contribution in [0.15, 0.2) is 42.5 Å². The number of carboxylic acid groups (broad SMARTS) is 1. The molecule has 0 aliphatic rings. The lowest BCUT2D eigenvalue weighted by Crippen LogP contribution is -2.29. The van der Waals surface area contributed by atoms with E-state index in [9.17, 15) is 9.59 Å². The molecule has 2 N–H and O–H groups in total. The van der Waals surface area contributed by atoms with E-state index in [4.69, 9.17) is 9.84 Å². The Balaban J connectivity index is 1.96. The minimum atomic E-state index is -0.990. The van der Waals surface area contributed by atoms with Crippen LogP contribution in [0.5, 0.6) is 5.75 Å². The summed E-state index contributed by atoms with van der Waals surface area (Å²) in [7, 11) is 0. The number of ether oxygens (including phenoxy) is 1. The number of benzene rings is 2. The summed E-state index contributed by atoms with van der Waals surface area (Å²) in [6, 6.07) is 12.4. The molecule has 26 heavy (non-hydrogen) atoms. The standard InChI is InChI=1S/C21H25NO4/c1-14-8-9-18(17(10-14)21(2,3)4)26-13-19(23)22-12-15-6-5-7-16(11-15)20(24)25/h5-11H,12-13H2,1-4H3,(H,22,23)(H,24,25). The van der Waals surface area contributed by atoms with Crippen LogP contribution in [0.1, 0.15) is 47.8 Å². The lowest BCUT2D eigenvalue weighted by atomic mass is 9.85. The monoisotopic (exact) mass is 355 g/mol. The Labute approximate surface area is 154 Å². The van der Waals surface area contributed by atoms with Crippen molar-refractivity contribution >= 4 is 11.9 Å². The number of rotatable bonds is 6. The molecule has 0 unspecified atom stereocenters. The molecule has 0 aliphatic carbocycles. The highest BCUT2D eigenvalue weighted by Crippen LogP contribution is 2.32. The number of carboxylic acids is 1. The summed E-state index contributed by atoms with van der Waals surface area (Å²) < 4.78 is 5.72. The summed E-state index contributed by atoms with van der Waals surface area (Å²) >= 11 is 0. The van der Waals surface area contributed by atoms with Crippen molar-refractivity contribution < 1.29 is 19.4 Å². The molecule has 0 spiro atoms. The normalized spacial score (nSPS) is 11.1. The molecule has 0 radical (unpaired) electrons. The van der Waals surface area contributed by atoms with Gasteiger partial charge in [-0.1, -0.05) is 50.6 Å². The lowest BCUT2D eigenvalue weighted by molar-refractivity contribution is -0.123. The van der Waals surface area contributed by atoms with E-state index in [1.54, 1.807) is 18.2 Å². The summed E-state index contributed by atoms with van der Waals surface area (Å²) in [5, 5.41) is 11.7. The van der Waals surface area contributed by atoms with Crippen LogP contribution in [0.3, 0.4) is 0 Å². The number of amides is 1. The first-order chi connectivity index (χ1) is 12.2. The van der Waals surface area contributed by atoms with E-state index in [-0.39, 0.29) is 30.0 Å². The Morgan fingerprint density at radius 3 is 2.50 bits per heavy atom. The van der Waals surface area contributed by atoms with Gasteiger partial charge in [0.15, 0.2) is 6.61 Å². The van der Waals surface area contributed by atoms with Gasteiger partial charge in [-0.05, 0) is 41.7 Å². The van der Waals surface area contributed by atoms with E-state index in [0.29, 0.717) is 5.75 Å². The molecule has 0 fully saturated rings. The van der Waals surface area contributed by atoms with Crippen LogP contribution >= 0.6 is 0 Å². The number of aromatic carboxylic acids is 1. The fraction of sp³-hybridized carbons (Fsp3) is 0.333. The van der Waals surface area contributed by atoms with E-state index in [1.165, 1.54) is 6.07 Å². The predicted molar refractivity (Wildman–Crippen MR) is 101 cm³/mol. The highest BCUT2D eigenvalue weighted by atomic mass is 16.5. The van der Waals surface area contributed by atoms with Gasteiger partial charge in [-0.25, -0.2) is 4.79 Å². The second kappa shape index (κ2) is 8.04. The smallest absolute Gasteiger partial charge is 0.335 e. The average Bonchev–Trinajstić information content (AvgIpc) is 2.58. The number of carbonyl (C=O) groups excluding carboxylic acids is 1. The van der Waals surface area contributed by atoms with Gasteiger partial charge < -0.3 is 15.2 Å². The van der Waals surface area contributed by atoms with Gasteiger partial charge in [0.2, 0.25) is 0 Å². The van der Waals surface area contributed by atoms with Gasteiger partial charge in [-0.3, -0.25) is 4.79 Å². The van der Waals surface area contributed by atoms with Gasteiger partial charge >= 0.3 is 5.97 Å². The van der Waals surface area contributed by atoms with Gasteiger partial charge in [-0.15, -0.1) is 0 Å². The third kappa shape index (κ3) is 5.34. The molecule has 2 rings (SSSR count). The molecule has 0 saturated carbocycles. The quantitative estimate of drug-likeness (QED) is 0.829. The summed E-state index contributed by atoms with van der Waals surface area (Å²) in [6.45, 7) is 8.49. The fourth-order valence-corrected chi connectivity index (χ4v) is 2.57. The van der Waals surface area contributed by atoms with Crippen molar-refractivity contribution in [2.24, 2.45) is 0 Å². The van der Waals surface area contributed by atoms with Gasteiger partial charge in [0.05, 0.1) is 5.56 Å². The molecule has 0 bridgehead atoms. The predicted octanol–water partition coefficient (Wildman–Crippen LogP) is 3.69. The van der Waals surface area contributed by atoms with Crippen molar-refractivity contribution in [3.05, 3.63) is 64.7 Å². The van der Waals surface area contributed by atoms with Crippen molar-refractivity contribution in [1.82, 2.24) is 5.32 Å². The molecule has 0 heterocycles. The fourth-order valence-electron chi connectivity index (χ4n) is 2.57. The number of hydrogen-bond acceptors (Lipinski definition) is 3. The van der Waals surface area contributed by atoms with Gasteiger partial charge in [-0.2, -0.15) is 0 Å². The van der Waals surface area contributed by atoms with Crippen LogP contribution in [-0.4, -0.2) is 23.6 Å². The maximum absolute atomic E-state index is 12.1. The Morgan fingerprint density at radius 1 is 1.12 bits per heavy atom. The molecule has 2 aromatic carbocycles. The molecule has 138 valence electrons. The highest BCUT2D eigenvalue weighted by Gasteiger charge is 2.19. The zero-order chi connectivity index (χ0) is 19.3. The van der Waals surface area contributed by atoms with Gasteiger partial charge in [0.25, 0.3) is 5.91 Å². The molecule has 0 saturated heterocycles. The van der Waals surface area contributed by atoms with E-state index in [2.05, 4.69) is 32.2 Å². The van der Waals surface area contributed by atoms with Crippen LogP contribution in [0, 0.1) is 6.92 Å². The molecule has 0 aromatic heterocycles. The minimum absolute atomic E-state index is 0.0882. The van der Waals surface area contributed by atoms with Crippen molar-refractivity contribution in [2.45, 2.75) is 39.7 Å². The zero-order valence-electron chi connectivity index (χ0n) is 15.6. The molecule has 2 aromatic rings. The maximum Gasteiger partial charge on any atom is 0.335 e. The van der Waals surface area contributed by atoms with Crippen LogP contribution < -0.4 is 10.1 Å². The van der Waals surface area contributed by atoms with E-state index in [1.807, 2.05) is 19.1 Å². The number of hydrogen-bond donors (Lipinski definition) is 2. The third-order valence-electron chi connectivity index (χ3n) is 3.97. The first-order valence-corrected chi connectivity index (χ1v) is 8.49.